The maximum atomic E-state index is 12.1. The van der Waals surface area contributed by atoms with Crippen LogP contribution in [0.1, 0.15) is 45.9 Å². The number of imidazole rings is 1. The zero-order valence-electron chi connectivity index (χ0n) is 14.7. The van der Waals surface area contributed by atoms with Gasteiger partial charge in [0.25, 0.3) is 0 Å². The number of rotatable bonds is 5. The first-order valence-electron chi connectivity index (χ1n) is 8.55. The van der Waals surface area contributed by atoms with E-state index in [9.17, 15) is 4.79 Å². The van der Waals surface area contributed by atoms with Crippen LogP contribution in [0.3, 0.4) is 0 Å². The van der Waals surface area contributed by atoms with Gasteiger partial charge in [-0.2, -0.15) is 0 Å². The first-order chi connectivity index (χ1) is 11.4. The number of benzene rings is 1. The largest absolute Gasteiger partial charge is 0.491 e. The van der Waals surface area contributed by atoms with E-state index in [1.54, 1.807) is 0 Å². The molecule has 5 nitrogen and oxygen atoms in total. The molecule has 1 aromatic heterocycles. The van der Waals surface area contributed by atoms with E-state index < -0.39 is 0 Å². The SMILES string of the molecule is CC(C)Oc1cccc(-c2cnc([C@@H]3CC(=O)N(C(C)C)C3)[nH]2)c1. The predicted octanol–water partition coefficient (Wildman–Crippen LogP) is 3.59. The third kappa shape index (κ3) is 3.45. The van der Waals surface area contributed by atoms with Crippen molar-refractivity contribution in [3.8, 4) is 17.0 Å². The van der Waals surface area contributed by atoms with Crippen molar-refractivity contribution in [1.82, 2.24) is 14.9 Å². The van der Waals surface area contributed by atoms with Crippen molar-refractivity contribution >= 4 is 5.91 Å². The number of aromatic amines is 1. The quantitative estimate of drug-likeness (QED) is 0.913. The molecule has 1 aromatic carbocycles. The van der Waals surface area contributed by atoms with Gasteiger partial charge in [0.15, 0.2) is 0 Å². The number of likely N-dealkylation sites (tertiary alicyclic amines) is 1. The molecule has 5 heteroatoms. The number of amides is 1. The van der Waals surface area contributed by atoms with Crippen LogP contribution in [-0.2, 0) is 4.79 Å². The van der Waals surface area contributed by atoms with Gasteiger partial charge >= 0.3 is 0 Å². The highest BCUT2D eigenvalue weighted by atomic mass is 16.5. The van der Waals surface area contributed by atoms with Crippen LogP contribution in [0, 0.1) is 0 Å². The Bertz CT molecular complexity index is 721. The molecule has 2 aromatic rings. The summed E-state index contributed by atoms with van der Waals surface area (Å²) in [5.74, 6) is 2.08. The molecule has 24 heavy (non-hydrogen) atoms. The van der Waals surface area contributed by atoms with Crippen LogP contribution in [0.25, 0.3) is 11.3 Å². The molecule has 0 radical (unpaired) electrons. The third-order valence-corrected chi connectivity index (χ3v) is 4.28. The van der Waals surface area contributed by atoms with Gasteiger partial charge in [0.05, 0.1) is 18.0 Å². The van der Waals surface area contributed by atoms with E-state index in [1.165, 1.54) is 0 Å². The molecule has 0 aliphatic carbocycles. The number of aromatic nitrogens is 2. The fourth-order valence-electron chi connectivity index (χ4n) is 3.11. The van der Waals surface area contributed by atoms with Gasteiger partial charge in [-0.15, -0.1) is 0 Å². The van der Waals surface area contributed by atoms with Gasteiger partial charge in [-0.05, 0) is 39.8 Å². The standard InChI is InChI=1S/C19H25N3O2/c1-12(2)22-11-15(9-18(22)23)19-20-10-17(21-19)14-6-5-7-16(8-14)24-13(3)4/h5-8,10,12-13,15H,9,11H2,1-4H3,(H,20,21)/t15-/m1/s1. The number of nitrogens with zero attached hydrogens (tertiary/aromatic N) is 2. The van der Waals surface area contributed by atoms with Crippen molar-refractivity contribution in [3.63, 3.8) is 0 Å². The highest BCUT2D eigenvalue weighted by molar-refractivity contribution is 5.79. The van der Waals surface area contributed by atoms with E-state index in [0.717, 1.165) is 29.4 Å². The smallest absolute Gasteiger partial charge is 0.223 e. The highest BCUT2D eigenvalue weighted by Crippen LogP contribution is 2.30. The van der Waals surface area contributed by atoms with E-state index in [2.05, 4.69) is 9.97 Å². The molecule has 1 atom stereocenters. The molecule has 1 amide bonds. The molecule has 0 unspecified atom stereocenters. The summed E-state index contributed by atoms with van der Waals surface area (Å²) >= 11 is 0. The summed E-state index contributed by atoms with van der Waals surface area (Å²) in [6.07, 6.45) is 2.51. The van der Waals surface area contributed by atoms with Crippen molar-refractivity contribution < 1.29 is 9.53 Å². The number of hydrogen-bond acceptors (Lipinski definition) is 3. The van der Waals surface area contributed by atoms with Crippen molar-refractivity contribution in [1.29, 1.82) is 0 Å². The van der Waals surface area contributed by atoms with Crippen LogP contribution in [-0.4, -0.2) is 39.5 Å². The normalized spacial score (nSPS) is 18.0. The number of H-pyrrole nitrogens is 1. The summed E-state index contributed by atoms with van der Waals surface area (Å²) < 4.78 is 5.75. The van der Waals surface area contributed by atoms with Gasteiger partial charge in [0.1, 0.15) is 11.6 Å². The molecule has 1 saturated heterocycles. The van der Waals surface area contributed by atoms with Crippen LogP contribution in [0.5, 0.6) is 5.75 Å². The van der Waals surface area contributed by atoms with Crippen LogP contribution >= 0.6 is 0 Å². The number of ether oxygens (including phenoxy) is 1. The van der Waals surface area contributed by atoms with E-state index in [1.807, 2.05) is 63.1 Å². The van der Waals surface area contributed by atoms with Crippen molar-refractivity contribution in [2.75, 3.05) is 6.54 Å². The summed E-state index contributed by atoms with van der Waals surface area (Å²) in [4.78, 5) is 21.9. The second kappa shape index (κ2) is 6.67. The molecule has 0 saturated carbocycles. The van der Waals surface area contributed by atoms with Gasteiger partial charge in [-0.25, -0.2) is 4.98 Å². The number of nitrogens with one attached hydrogen (secondary N) is 1. The Morgan fingerprint density at radius 2 is 2.08 bits per heavy atom. The second-order valence-electron chi connectivity index (χ2n) is 6.92. The lowest BCUT2D eigenvalue weighted by molar-refractivity contribution is -0.129. The van der Waals surface area contributed by atoms with E-state index in [-0.39, 0.29) is 24.0 Å². The van der Waals surface area contributed by atoms with E-state index in [0.29, 0.717) is 6.42 Å². The maximum Gasteiger partial charge on any atom is 0.223 e. The molecule has 2 heterocycles. The van der Waals surface area contributed by atoms with Gasteiger partial charge in [-0.1, -0.05) is 12.1 Å². The van der Waals surface area contributed by atoms with Crippen LogP contribution in [0.15, 0.2) is 30.5 Å². The second-order valence-corrected chi connectivity index (χ2v) is 6.92. The third-order valence-electron chi connectivity index (χ3n) is 4.28. The van der Waals surface area contributed by atoms with Crippen molar-refractivity contribution in [2.45, 2.75) is 52.2 Å². The lowest BCUT2D eigenvalue weighted by Gasteiger charge is -2.20. The molecule has 0 spiro atoms. The van der Waals surface area contributed by atoms with Crippen LogP contribution in [0.2, 0.25) is 0 Å². The summed E-state index contributed by atoms with van der Waals surface area (Å²) in [6, 6.07) is 8.22. The Kier molecular flexibility index (Phi) is 4.60. The first kappa shape index (κ1) is 16.6. The zero-order chi connectivity index (χ0) is 17.3. The first-order valence-corrected chi connectivity index (χ1v) is 8.55. The lowest BCUT2D eigenvalue weighted by atomic mass is 10.1. The summed E-state index contributed by atoms with van der Waals surface area (Å²) in [6.45, 7) is 8.86. The van der Waals surface area contributed by atoms with Crippen LogP contribution in [0.4, 0.5) is 0 Å². The summed E-state index contributed by atoms with van der Waals surface area (Å²) in [5, 5.41) is 0. The Hall–Kier alpha value is -2.30. The Morgan fingerprint density at radius 1 is 1.29 bits per heavy atom. The van der Waals surface area contributed by atoms with Gasteiger partial charge in [0.2, 0.25) is 5.91 Å². The molecule has 1 aliphatic rings. The predicted molar refractivity (Wildman–Crippen MR) is 94.0 cm³/mol. The number of hydrogen-bond donors (Lipinski definition) is 1. The van der Waals surface area contributed by atoms with E-state index >= 15 is 0 Å². The minimum atomic E-state index is 0.142. The highest BCUT2D eigenvalue weighted by Gasteiger charge is 2.33. The fraction of sp³-hybridized carbons (Fsp3) is 0.474. The van der Waals surface area contributed by atoms with Crippen LogP contribution < -0.4 is 4.74 Å². The van der Waals surface area contributed by atoms with E-state index in [4.69, 9.17) is 4.74 Å². The monoisotopic (exact) mass is 327 g/mol. The maximum absolute atomic E-state index is 12.1. The molecule has 128 valence electrons. The summed E-state index contributed by atoms with van der Waals surface area (Å²) in [5.41, 5.74) is 1.99. The topological polar surface area (TPSA) is 58.2 Å². The van der Waals surface area contributed by atoms with Gasteiger partial charge in [0, 0.05) is 30.5 Å². The minimum Gasteiger partial charge on any atom is -0.491 e. The van der Waals surface area contributed by atoms with Gasteiger partial charge in [-0.3, -0.25) is 4.79 Å². The molecule has 1 fully saturated rings. The Balaban J connectivity index is 1.78. The molecule has 0 bridgehead atoms. The zero-order valence-corrected chi connectivity index (χ0v) is 14.7. The minimum absolute atomic E-state index is 0.142. The summed E-state index contributed by atoms with van der Waals surface area (Å²) in [7, 11) is 0. The van der Waals surface area contributed by atoms with Crippen molar-refractivity contribution in [3.05, 3.63) is 36.3 Å². The molecular formula is C19H25N3O2. The lowest BCUT2D eigenvalue weighted by Crippen LogP contribution is -2.31. The fourth-order valence-corrected chi connectivity index (χ4v) is 3.11. The average Bonchev–Trinajstić information content (AvgIpc) is 3.13. The molecule has 1 N–H and O–H groups in total. The molecule has 1 aliphatic heterocycles. The number of carbonyl (C=O) groups is 1. The number of carbonyl (C=O) groups excluding carboxylic acids is 1. The molecule has 3 rings (SSSR count). The Morgan fingerprint density at radius 3 is 2.75 bits per heavy atom. The van der Waals surface area contributed by atoms with Gasteiger partial charge < -0.3 is 14.6 Å². The Labute approximate surface area is 143 Å². The molecular weight excluding hydrogens is 302 g/mol. The average molecular weight is 327 g/mol. The van der Waals surface area contributed by atoms with Crippen molar-refractivity contribution in [2.24, 2.45) is 0 Å².